The summed E-state index contributed by atoms with van der Waals surface area (Å²) in [7, 11) is 0. The number of carbonyl (C=O) groups excluding carboxylic acids is 2. The molecule has 0 atom stereocenters. The van der Waals surface area contributed by atoms with Crippen LogP contribution in [0, 0.1) is 0 Å². The van der Waals surface area contributed by atoms with E-state index in [-0.39, 0.29) is 23.0 Å². The summed E-state index contributed by atoms with van der Waals surface area (Å²) in [5, 5.41) is 2.85. The van der Waals surface area contributed by atoms with E-state index in [2.05, 4.69) is 15.3 Å². The summed E-state index contributed by atoms with van der Waals surface area (Å²) < 4.78 is 5.42. The minimum atomic E-state index is -0.531. The molecule has 1 saturated heterocycles. The number of hydrogen-bond acceptors (Lipinski definition) is 6. The number of ether oxygens (including phenoxy) is 1. The Balaban J connectivity index is 1.61. The van der Waals surface area contributed by atoms with Crippen molar-refractivity contribution < 1.29 is 14.3 Å². The van der Waals surface area contributed by atoms with Gasteiger partial charge in [0.25, 0.3) is 5.91 Å². The van der Waals surface area contributed by atoms with Gasteiger partial charge in [0.2, 0.25) is 5.28 Å². The van der Waals surface area contributed by atoms with E-state index in [1.54, 1.807) is 11.0 Å². The van der Waals surface area contributed by atoms with Crippen LogP contribution in [-0.2, 0) is 11.3 Å². The number of anilines is 1. The molecule has 2 heterocycles. The molecule has 8 nitrogen and oxygen atoms in total. The topological polar surface area (TPSA) is 87.7 Å². The minimum absolute atomic E-state index is 0.00642. The highest BCUT2D eigenvalue weighted by Gasteiger charge is 2.27. The third kappa shape index (κ3) is 6.06. The maximum absolute atomic E-state index is 12.5. The molecule has 2 amide bonds. The molecule has 0 radical (unpaired) electrons. The SMILES string of the molecule is CC(C)(C)OC(=O)N1CCN(c2cc(C(=O)NCc3ccccc3)nc(Cl)n2)CC1. The summed E-state index contributed by atoms with van der Waals surface area (Å²) in [6.45, 7) is 8.01. The maximum Gasteiger partial charge on any atom is 0.410 e. The van der Waals surface area contributed by atoms with Crippen LogP contribution in [0.3, 0.4) is 0 Å². The van der Waals surface area contributed by atoms with Gasteiger partial charge in [0, 0.05) is 38.8 Å². The van der Waals surface area contributed by atoms with Crippen LogP contribution in [0.25, 0.3) is 0 Å². The summed E-state index contributed by atoms with van der Waals surface area (Å²) in [5.41, 5.74) is 0.663. The summed E-state index contributed by atoms with van der Waals surface area (Å²) in [5.74, 6) is 0.237. The fraction of sp³-hybridized carbons (Fsp3) is 0.429. The standard InChI is InChI=1S/C21H26ClN5O3/c1-21(2,3)30-20(29)27-11-9-26(10-12-27)17-13-16(24-19(22)25-17)18(28)23-14-15-7-5-4-6-8-15/h4-8,13H,9-12,14H2,1-3H3,(H,23,28). The molecule has 1 aromatic heterocycles. The molecule has 1 fully saturated rings. The molecule has 3 rings (SSSR count). The lowest BCUT2D eigenvalue weighted by Gasteiger charge is -2.36. The van der Waals surface area contributed by atoms with Gasteiger partial charge in [0.15, 0.2) is 0 Å². The summed E-state index contributed by atoms with van der Waals surface area (Å²) in [6.07, 6.45) is -0.330. The minimum Gasteiger partial charge on any atom is -0.444 e. The van der Waals surface area contributed by atoms with Crippen LogP contribution in [0.5, 0.6) is 0 Å². The predicted octanol–water partition coefficient (Wildman–Crippen LogP) is 3.12. The van der Waals surface area contributed by atoms with Gasteiger partial charge < -0.3 is 19.9 Å². The Bertz CT molecular complexity index is 893. The van der Waals surface area contributed by atoms with Crippen LogP contribution in [-0.4, -0.2) is 58.6 Å². The van der Waals surface area contributed by atoms with Crippen molar-refractivity contribution in [2.75, 3.05) is 31.1 Å². The van der Waals surface area contributed by atoms with E-state index in [1.165, 1.54) is 0 Å². The van der Waals surface area contributed by atoms with Crippen molar-refractivity contribution >= 4 is 29.4 Å². The van der Waals surface area contributed by atoms with Gasteiger partial charge in [0.05, 0.1) is 0 Å². The van der Waals surface area contributed by atoms with Crippen LogP contribution in [0.15, 0.2) is 36.4 Å². The number of amides is 2. The largest absolute Gasteiger partial charge is 0.444 e. The predicted molar refractivity (Wildman–Crippen MR) is 115 cm³/mol. The van der Waals surface area contributed by atoms with E-state index in [0.717, 1.165) is 5.56 Å². The molecular weight excluding hydrogens is 406 g/mol. The fourth-order valence-corrected chi connectivity index (χ4v) is 3.18. The highest BCUT2D eigenvalue weighted by Crippen LogP contribution is 2.19. The van der Waals surface area contributed by atoms with Gasteiger partial charge in [-0.2, -0.15) is 0 Å². The zero-order chi connectivity index (χ0) is 21.7. The van der Waals surface area contributed by atoms with E-state index >= 15 is 0 Å². The van der Waals surface area contributed by atoms with Crippen molar-refractivity contribution in [2.24, 2.45) is 0 Å². The summed E-state index contributed by atoms with van der Waals surface area (Å²) in [6, 6.07) is 11.2. The fourth-order valence-electron chi connectivity index (χ4n) is 3.00. The molecule has 9 heteroatoms. The van der Waals surface area contributed by atoms with Gasteiger partial charge >= 0.3 is 6.09 Å². The number of benzene rings is 1. The average molecular weight is 432 g/mol. The average Bonchev–Trinajstić information content (AvgIpc) is 2.71. The summed E-state index contributed by atoms with van der Waals surface area (Å²) in [4.78, 5) is 36.7. The first kappa shape index (κ1) is 21.8. The van der Waals surface area contributed by atoms with Crippen LogP contribution < -0.4 is 10.2 Å². The van der Waals surface area contributed by atoms with E-state index in [1.807, 2.05) is 56.0 Å². The molecule has 1 aliphatic rings. The lowest BCUT2D eigenvalue weighted by molar-refractivity contribution is 0.0240. The van der Waals surface area contributed by atoms with Gasteiger partial charge in [0.1, 0.15) is 17.1 Å². The quantitative estimate of drug-likeness (QED) is 0.748. The maximum atomic E-state index is 12.5. The highest BCUT2D eigenvalue weighted by molar-refractivity contribution is 6.28. The van der Waals surface area contributed by atoms with E-state index in [0.29, 0.717) is 38.5 Å². The normalized spacial score (nSPS) is 14.4. The smallest absolute Gasteiger partial charge is 0.410 e. The lowest BCUT2D eigenvalue weighted by atomic mass is 10.2. The van der Waals surface area contributed by atoms with Crippen LogP contribution in [0.2, 0.25) is 5.28 Å². The Morgan fingerprint density at radius 2 is 1.77 bits per heavy atom. The number of hydrogen-bond donors (Lipinski definition) is 1. The molecule has 0 unspecified atom stereocenters. The lowest BCUT2D eigenvalue weighted by Crippen LogP contribution is -2.50. The molecule has 2 aromatic rings. The van der Waals surface area contributed by atoms with Crippen molar-refractivity contribution in [2.45, 2.75) is 32.9 Å². The first-order valence-electron chi connectivity index (χ1n) is 9.81. The molecule has 1 aromatic carbocycles. The van der Waals surface area contributed by atoms with Crippen molar-refractivity contribution in [1.29, 1.82) is 0 Å². The van der Waals surface area contributed by atoms with Crippen molar-refractivity contribution in [3.63, 3.8) is 0 Å². The zero-order valence-electron chi connectivity index (χ0n) is 17.4. The van der Waals surface area contributed by atoms with Gasteiger partial charge in [-0.3, -0.25) is 4.79 Å². The highest BCUT2D eigenvalue weighted by atomic mass is 35.5. The molecule has 1 aliphatic heterocycles. The molecule has 30 heavy (non-hydrogen) atoms. The second-order valence-electron chi connectivity index (χ2n) is 8.00. The molecule has 0 spiro atoms. The molecule has 0 saturated carbocycles. The first-order chi connectivity index (χ1) is 14.2. The number of nitrogens with zero attached hydrogens (tertiary/aromatic N) is 4. The van der Waals surface area contributed by atoms with Crippen molar-refractivity contribution in [1.82, 2.24) is 20.2 Å². The number of piperazine rings is 1. The van der Waals surface area contributed by atoms with Gasteiger partial charge in [-0.15, -0.1) is 0 Å². The van der Waals surface area contributed by atoms with Gasteiger partial charge in [-0.25, -0.2) is 14.8 Å². The van der Waals surface area contributed by atoms with Crippen LogP contribution in [0.4, 0.5) is 10.6 Å². The monoisotopic (exact) mass is 431 g/mol. The van der Waals surface area contributed by atoms with E-state index in [4.69, 9.17) is 16.3 Å². The second kappa shape index (κ2) is 9.30. The molecule has 160 valence electrons. The number of rotatable bonds is 4. The van der Waals surface area contributed by atoms with Gasteiger partial charge in [-0.05, 0) is 37.9 Å². The first-order valence-corrected chi connectivity index (χ1v) is 10.2. The van der Waals surface area contributed by atoms with Crippen LogP contribution >= 0.6 is 11.6 Å². The molecule has 1 N–H and O–H groups in total. The Morgan fingerprint density at radius 1 is 1.10 bits per heavy atom. The molecular formula is C21H26ClN5O3. The third-order valence-electron chi connectivity index (χ3n) is 4.47. The Kier molecular flexibility index (Phi) is 6.77. The number of nitrogens with one attached hydrogen (secondary N) is 1. The number of aromatic nitrogens is 2. The van der Waals surface area contributed by atoms with Crippen molar-refractivity contribution in [3.05, 3.63) is 52.9 Å². The van der Waals surface area contributed by atoms with Gasteiger partial charge in [-0.1, -0.05) is 30.3 Å². The summed E-state index contributed by atoms with van der Waals surface area (Å²) >= 11 is 6.07. The zero-order valence-corrected chi connectivity index (χ0v) is 18.1. The second-order valence-corrected chi connectivity index (χ2v) is 8.34. The Hall–Kier alpha value is -2.87. The van der Waals surface area contributed by atoms with Crippen LogP contribution in [0.1, 0.15) is 36.8 Å². The third-order valence-corrected chi connectivity index (χ3v) is 4.64. The van der Waals surface area contributed by atoms with E-state index < -0.39 is 5.60 Å². The Labute approximate surface area is 181 Å². The molecule has 0 aliphatic carbocycles. The molecule has 0 bridgehead atoms. The van der Waals surface area contributed by atoms with E-state index in [9.17, 15) is 9.59 Å². The van der Waals surface area contributed by atoms with Crippen molar-refractivity contribution in [3.8, 4) is 0 Å². The number of halogens is 1. The Morgan fingerprint density at radius 3 is 2.40 bits per heavy atom. The number of carbonyl (C=O) groups is 2.